The fraction of sp³-hybridized carbons (Fsp3) is 0.632. The number of nitrogens with one attached hydrogen (secondary N) is 1. The number of hydrogen-bond donors (Lipinski definition) is 2. The molecule has 3 N–H and O–H groups in total. The van der Waals surface area contributed by atoms with Crippen molar-refractivity contribution >= 4 is 18.3 Å². The van der Waals surface area contributed by atoms with Crippen LogP contribution in [0.3, 0.4) is 0 Å². The summed E-state index contributed by atoms with van der Waals surface area (Å²) in [5.41, 5.74) is 7.16. The molecule has 3 nitrogen and oxygen atoms in total. The maximum absolute atomic E-state index is 12.5. The van der Waals surface area contributed by atoms with Crippen LogP contribution >= 0.6 is 12.4 Å². The van der Waals surface area contributed by atoms with Crippen LogP contribution in [-0.2, 0) is 10.2 Å². The second-order valence-corrected chi connectivity index (χ2v) is 7.40. The van der Waals surface area contributed by atoms with Gasteiger partial charge in [-0.3, -0.25) is 4.79 Å². The average Bonchev–Trinajstić information content (AvgIpc) is 2.96. The van der Waals surface area contributed by atoms with Gasteiger partial charge in [0.15, 0.2) is 0 Å². The van der Waals surface area contributed by atoms with Crippen molar-refractivity contribution in [3.05, 3.63) is 35.9 Å². The van der Waals surface area contributed by atoms with Gasteiger partial charge in [0.25, 0.3) is 0 Å². The van der Waals surface area contributed by atoms with Crippen LogP contribution in [0.5, 0.6) is 0 Å². The zero-order valence-corrected chi connectivity index (χ0v) is 15.4. The fourth-order valence-corrected chi connectivity index (χ4v) is 3.84. The molecule has 0 bridgehead atoms. The van der Waals surface area contributed by atoms with E-state index in [1.807, 2.05) is 6.07 Å². The van der Waals surface area contributed by atoms with Gasteiger partial charge >= 0.3 is 0 Å². The van der Waals surface area contributed by atoms with Gasteiger partial charge in [0.2, 0.25) is 5.91 Å². The number of carbonyl (C=O) groups excluding carboxylic acids is 1. The van der Waals surface area contributed by atoms with Crippen LogP contribution in [-0.4, -0.2) is 18.5 Å². The molecule has 23 heavy (non-hydrogen) atoms. The minimum absolute atomic E-state index is 0. The number of carbonyl (C=O) groups is 1. The fourth-order valence-electron chi connectivity index (χ4n) is 3.84. The van der Waals surface area contributed by atoms with Gasteiger partial charge < -0.3 is 11.1 Å². The Bertz CT molecular complexity index is 489. The molecule has 4 heteroatoms. The predicted molar refractivity (Wildman–Crippen MR) is 98.8 cm³/mol. The zero-order valence-electron chi connectivity index (χ0n) is 14.5. The summed E-state index contributed by atoms with van der Waals surface area (Å²) in [5, 5.41) is 3.22. The number of rotatable bonds is 6. The van der Waals surface area contributed by atoms with E-state index in [-0.39, 0.29) is 35.7 Å². The second kappa shape index (κ2) is 8.70. The topological polar surface area (TPSA) is 55.1 Å². The van der Waals surface area contributed by atoms with E-state index in [2.05, 4.69) is 50.4 Å². The first-order valence-corrected chi connectivity index (χ1v) is 8.50. The van der Waals surface area contributed by atoms with Crippen LogP contribution in [0.25, 0.3) is 0 Å². The van der Waals surface area contributed by atoms with E-state index in [1.165, 1.54) is 5.56 Å². The summed E-state index contributed by atoms with van der Waals surface area (Å²) in [6.07, 6.45) is 4.15. The van der Waals surface area contributed by atoms with E-state index in [4.69, 9.17) is 5.73 Å². The van der Waals surface area contributed by atoms with Crippen LogP contribution in [0.2, 0.25) is 0 Å². The van der Waals surface area contributed by atoms with E-state index in [9.17, 15) is 4.79 Å². The second-order valence-electron chi connectivity index (χ2n) is 7.40. The van der Waals surface area contributed by atoms with Crippen LogP contribution in [0, 0.1) is 11.8 Å². The first-order chi connectivity index (χ1) is 10.4. The average molecular weight is 339 g/mol. The predicted octanol–water partition coefficient (Wildman–Crippen LogP) is 3.66. The number of hydrogen-bond acceptors (Lipinski definition) is 2. The van der Waals surface area contributed by atoms with Crippen LogP contribution in [0.1, 0.15) is 52.0 Å². The van der Waals surface area contributed by atoms with Gasteiger partial charge in [-0.1, -0.05) is 50.6 Å². The third kappa shape index (κ3) is 5.22. The van der Waals surface area contributed by atoms with Gasteiger partial charge in [-0.15, -0.1) is 12.4 Å². The molecule has 0 radical (unpaired) electrons. The summed E-state index contributed by atoms with van der Waals surface area (Å²) in [5.74, 6) is 0.686. The maximum Gasteiger partial charge on any atom is 0.223 e. The Morgan fingerprint density at radius 2 is 1.96 bits per heavy atom. The van der Waals surface area contributed by atoms with E-state index < -0.39 is 0 Å². The quantitative estimate of drug-likeness (QED) is 0.831. The van der Waals surface area contributed by atoms with Gasteiger partial charge in [0.1, 0.15) is 0 Å². The van der Waals surface area contributed by atoms with Gasteiger partial charge in [-0.25, -0.2) is 0 Å². The highest BCUT2D eigenvalue weighted by Crippen LogP contribution is 2.32. The first-order valence-electron chi connectivity index (χ1n) is 8.50. The van der Waals surface area contributed by atoms with Crippen molar-refractivity contribution in [2.45, 2.75) is 57.9 Å². The normalized spacial score (nSPS) is 22.3. The molecule has 1 aromatic carbocycles. The number of nitrogens with two attached hydrogens (primary N) is 1. The first kappa shape index (κ1) is 20.0. The van der Waals surface area contributed by atoms with Gasteiger partial charge in [-0.05, 0) is 49.6 Å². The monoisotopic (exact) mass is 338 g/mol. The molecule has 0 aromatic heterocycles. The molecule has 1 aromatic rings. The Hall–Kier alpha value is -1.06. The third-order valence-electron chi connectivity index (χ3n) is 5.06. The highest BCUT2D eigenvalue weighted by molar-refractivity contribution is 5.85. The van der Waals surface area contributed by atoms with E-state index in [0.29, 0.717) is 12.5 Å². The van der Waals surface area contributed by atoms with E-state index in [1.54, 1.807) is 0 Å². The molecular formula is C19H31ClN2O. The highest BCUT2D eigenvalue weighted by Gasteiger charge is 2.33. The Morgan fingerprint density at radius 1 is 1.30 bits per heavy atom. The number of amides is 1. The largest absolute Gasteiger partial charge is 0.353 e. The Balaban J connectivity index is 0.00000264. The van der Waals surface area contributed by atoms with Crippen molar-refractivity contribution in [2.24, 2.45) is 17.6 Å². The molecule has 1 unspecified atom stereocenters. The minimum atomic E-state index is 0. The smallest absolute Gasteiger partial charge is 0.223 e. The van der Waals surface area contributed by atoms with E-state index in [0.717, 1.165) is 25.7 Å². The van der Waals surface area contributed by atoms with Crippen molar-refractivity contribution < 1.29 is 4.79 Å². The molecular weight excluding hydrogens is 308 g/mol. The van der Waals surface area contributed by atoms with Gasteiger partial charge in [0.05, 0.1) is 0 Å². The number of benzene rings is 1. The summed E-state index contributed by atoms with van der Waals surface area (Å²) >= 11 is 0. The molecule has 3 atom stereocenters. The molecule has 1 aliphatic carbocycles. The summed E-state index contributed by atoms with van der Waals surface area (Å²) in [6, 6.07) is 10.7. The Labute approximate surface area is 146 Å². The minimum Gasteiger partial charge on any atom is -0.353 e. The Kier molecular flexibility index (Phi) is 7.56. The molecule has 1 amide bonds. The highest BCUT2D eigenvalue weighted by atomic mass is 35.5. The van der Waals surface area contributed by atoms with Crippen molar-refractivity contribution in [3.8, 4) is 0 Å². The van der Waals surface area contributed by atoms with Crippen LogP contribution in [0.15, 0.2) is 30.3 Å². The summed E-state index contributed by atoms with van der Waals surface area (Å²) in [4.78, 5) is 12.5. The van der Waals surface area contributed by atoms with E-state index >= 15 is 0 Å². The lowest BCUT2D eigenvalue weighted by atomic mass is 9.79. The lowest BCUT2D eigenvalue weighted by molar-refractivity contribution is -0.126. The molecule has 0 saturated heterocycles. The molecule has 1 saturated carbocycles. The molecule has 130 valence electrons. The third-order valence-corrected chi connectivity index (χ3v) is 5.06. The molecule has 1 fully saturated rings. The maximum atomic E-state index is 12.5. The molecule has 1 aliphatic rings. The lowest BCUT2D eigenvalue weighted by Crippen LogP contribution is -2.42. The Morgan fingerprint density at radius 3 is 2.57 bits per heavy atom. The zero-order chi connectivity index (χ0) is 16.2. The SMILES string of the molecule is CC(CC(C)(C)c1ccccc1)NC(=O)[C@@H]1CCC[C@@H]1CN.Cl. The van der Waals surface area contributed by atoms with Crippen molar-refractivity contribution in [2.75, 3.05) is 6.54 Å². The summed E-state index contributed by atoms with van der Waals surface area (Å²) < 4.78 is 0. The van der Waals surface area contributed by atoms with Crippen LogP contribution < -0.4 is 11.1 Å². The molecule has 2 rings (SSSR count). The molecule has 0 heterocycles. The molecule has 0 spiro atoms. The van der Waals surface area contributed by atoms with Crippen molar-refractivity contribution in [1.82, 2.24) is 5.32 Å². The standard InChI is InChI=1S/C19H30N2O.ClH/c1-14(12-19(2,3)16-9-5-4-6-10-16)21-18(22)17-11-7-8-15(17)13-20;/h4-6,9-10,14-15,17H,7-8,11-13,20H2,1-3H3,(H,21,22);1H/t14?,15-,17-;/m1./s1. The van der Waals surface area contributed by atoms with Crippen LogP contribution in [0.4, 0.5) is 0 Å². The van der Waals surface area contributed by atoms with Crippen molar-refractivity contribution in [1.29, 1.82) is 0 Å². The lowest BCUT2D eigenvalue weighted by Gasteiger charge is -2.30. The molecule has 0 aliphatic heterocycles. The summed E-state index contributed by atoms with van der Waals surface area (Å²) in [6.45, 7) is 7.21. The van der Waals surface area contributed by atoms with Gasteiger partial charge in [0, 0.05) is 12.0 Å². The summed E-state index contributed by atoms with van der Waals surface area (Å²) in [7, 11) is 0. The van der Waals surface area contributed by atoms with Gasteiger partial charge in [-0.2, -0.15) is 0 Å². The number of halogens is 1. The van der Waals surface area contributed by atoms with Crippen molar-refractivity contribution in [3.63, 3.8) is 0 Å².